The van der Waals surface area contributed by atoms with Crippen molar-refractivity contribution in [1.29, 1.82) is 0 Å². The molecular weight excluding hydrogens is 226 g/mol. The van der Waals surface area contributed by atoms with Crippen molar-refractivity contribution in [3.05, 3.63) is 0 Å². The number of unbranched alkanes of at least 4 members (excludes halogenated alkanes) is 5. The summed E-state index contributed by atoms with van der Waals surface area (Å²) < 4.78 is 24.5. The van der Waals surface area contributed by atoms with Crippen LogP contribution in [0.4, 0.5) is 0 Å². The molecule has 0 aromatic rings. The highest BCUT2D eigenvalue weighted by Crippen LogP contribution is 2.08. The van der Waals surface area contributed by atoms with Crippen molar-refractivity contribution in [2.45, 2.75) is 45.4 Å². The average molecular weight is 251 g/mol. The summed E-state index contributed by atoms with van der Waals surface area (Å²) in [6.45, 7) is 2.23. The lowest BCUT2D eigenvalue weighted by Crippen LogP contribution is -2.31. The van der Waals surface area contributed by atoms with E-state index >= 15 is 0 Å². The minimum Gasteiger partial charge on any atom is -0.395 e. The Hall–Kier alpha value is -0.130. The normalized spacial score (nSPS) is 12.2. The number of sulfonamides is 1. The van der Waals surface area contributed by atoms with Crippen LogP contribution in [-0.4, -0.2) is 43.8 Å². The molecule has 0 atom stereocenters. The van der Waals surface area contributed by atoms with E-state index in [4.69, 9.17) is 5.11 Å². The van der Waals surface area contributed by atoms with Gasteiger partial charge in [0, 0.05) is 13.6 Å². The standard InChI is InChI=1S/C11H25NO3S/c1-3-4-5-6-7-8-11-16(14,15)12(2)9-10-13/h13H,3-11H2,1-2H3. The van der Waals surface area contributed by atoms with E-state index in [1.807, 2.05) is 0 Å². The van der Waals surface area contributed by atoms with Crippen molar-refractivity contribution in [2.75, 3.05) is 26.0 Å². The molecule has 0 fully saturated rings. The first-order valence-electron chi connectivity index (χ1n) is 6.09. The molecular formula is C11H25NO3S. The lowest BCUT2D eigenvalue weighted by atomic mass is 10.1. The molecule has 0 aliphatic rings. The molecule has 0 radical (unpaired) electrons. The topological polar surface area (TPSA) is 57.6 Å². The summed E-state index contributed by atoms with van der Waals surface area (Å²) in [5.74, 6) is 0.204. The Morgan fingerprint density at radius 2 is 1.62 bits per heavy atom. The van der Waals surface area contributed by atoms with Gasteiger partial charge in [0.05, 0.1) is 12.4 Å². The number of hydrogen-bond acceptors (Lipinski definition) is 3. The van der Waals surface area contributed by atoms with Crippen LogP contribution in [0.25, 0.3) is 0 Å². The van der Waals surface area contributed by atoms with E-state index in [9.17, 15) is 8.42 Å². The van der Waals surface area contributed by atoms with Crippen LogP contribution in [0.5, 0.6) is 0 Å². The van der Waals surface area contributed by atoms with Crippen molar-refractivity contribution in [1.82, 2.24) is 4.31 Å². The summed E-state index contributed by atoms with van der Waals surface area (Å²) in [6.07, 6.45) is 6.46. The predicted octanol–water partition coefficient (Wildman–Crippen LogP) is 1.60. The van der Waals surface area contributed by atoms with Gasteiger partial charge in [-0.3, -0.25) is 0 Å². The number of aliphatic hydroxyl groups excluding tert-OH is 1. The second-order valence-corrected chi connectivity index (χ2v) is 6.32. The van der Waals surface area contributed by atoms with Crippen LogP contribution in [0.15, 0.2) is 0 Å². The Morgan fingerprint density at radius 1 is 1.06 bits per heavy atom. The number of aliphatic hydroxyl groups is 1. The predicted molar refractivity (Wildman–Crippen MR) is 66.9 cm³/mol. The SMILES string of the molecule is CCCCCCCCS(=O)(=O)N(C)CCO. The van der Waals surface area contributed by atoms with Gasteiger partial charge >= 0.3 is 0 Å². The van der Waals surface area contributed by atoms with Gasteiger partial charge < -0.3 is 5.11 Å². The zero-order chi connectivity index (χ0) is 12.4. The fourth-order valence-electron chi connectivity index (χ4n) is 1.50. The van der Waals surface area contributed by atoms with E-state index in [0.29, 0.717) is 0 Å². The number of rotatable bonds is 10. The van der Waals surface area contributed by atoms with Gasteiger partial charge in [-0.25, -0.2) is 12.7 Å². The molecule has 0 bridgehead atoms. The molecule has 98 valence electrons. The van der Waals surface area contributed by atoms with Crippen LogP contribution in [0.3, 0.4) is 0 Å². The quantitative estimate of drug-likeness (QED) is 0.600. The summed E-state index contributed by atoms with van der Waals surface area (Å²) in [5, 5.41) is 8.66. The largest absolute Gasteiger partial charge is 0.395 e. The smallest absolute Gasteiger partial charge is 0.213 e. The minimum atomic E-state index is -3.14. The van der Waals surface area contributed by atoms with Crippen LogP contribution in [-0.2, 0) is 10.0 Å². The molecule has 5 heteroatoms. The zero-order valence-corrected chi connectivity index (χ0v) is 11.3. The average Bonchev–Trinajstić information content (AvgIpc) is 2.23. The Labute approximate surface area is 99.7 Å². The number of nitrogens with zero attached hydrogens (tertiary/aromatic N) is 1. The molecule has 0 unspecified atom stereocenters. The van der Waals surface area contributed by atoms with E-state index in [0.717, 1.165) is 19.3 Å². The maximum atomic E-state index is 11.6. The van der Waals surface area contributed by atoms with E-state index in [2.05, 4.69) is 6.92 Å². The summed E-state index contributed by atoms with van der Waals surface area (Å²) in [5.41, 5.74) is 0. The molecule has 16 heavy (non-hydrogen) atoms. The molecule has 0 aliphatic heterocycles. The first-order valence-corrected chi connectivity index (χ1v) is 7.70. The molecule has 0 amide bonds. The van der Waals surface area contributed by atoms with Crippen molar-refractivity contribution in [2.24, 2.45) is 0 Å². The summed E-state index contributed by atoms with van der Waals surface area (Å²) in [4.78, 5) is 0. The highest BCUT2D eigenvalue weighted by Gasteiger charge is 2.15. The molecule has 0 spiro atoms. The molecule has 0 rings (SSSR count). The Morgan fingerprint density at radius 3 is 2.19 bits per heavy atom. The zero-order valence-electron chi connectivity index (χ0n) is 10.5. The minimum absolute atomic E-state index is 0.119. The van der Waals surface area contributed by atoms with Gasteiger partial charge in [0.15, 0.2) is 0 Å². The van der Waals surface area contributed by atoms with Gasteiger partial charge in [-0.05, 0) is 6.42 Å². The van der Waals surface area contributed by atoms with Gasteiger partial charge in [0.25, 0.3) is 0 Å². The van der Waals surface area contributed by atoms with E-state index in [-0.39, 0.29) is 18.9 Å². The molecule has 4 nitrogen and oxygen atoms in total. The first-order chi connectivity index (χ1) is 7.54. The first kappa shape index (κ1) is 15.9. The van der Waals surface area contributed by atoms with E-state index in [1.54, 1.807) is 0 Å². The fourth-order valence-corrected chi connectivity index (χ4v) is 2.74. The van der Waals surface area contributed by atoms with Crippen molar-refractivity contribution in [3.63, 3.8) is 0 Å². The third-order valence-corrected chi connectivity index (χ3v) is 4.58. The van der Waals surface area contributed by atoms with Gasteiger partial charge in [-0.2, -0.15) is 0 Å². The van der Waals surface area contributed by atoms with E-state index < -0.39 is 10.0 Å². The summed E-state index contributed by atoms with van der Waals surface area (Å²) in [6, 6.07) is 0. The Bertz CT molecular complexity index is 252. The third-order valence-electron chi connectivity index (χ3n) is 2.65. The second kappa shape index (κ2) is 8.96. The van der Waals surface area contributed by atoms with Crippen LogP contribution < -0.4 is 0 Å². The van der Waals surface area contributed by atoms with Crippen LogP contribution in [0.2, 0.25) is 0 Å². The van der Waals surface area contributed by atoms with E-state index in [1.165, 1.54) is 30.6 Å². The monoisotopic (exact) mass is 251 g/mol. The van der Waals surface area contributed by atoms with Crippen LogP contribution in [0, 0.1) is 0 Å². The second-order valence-electron chi connectivity index (χ2n) is 4.13. The maximum absolute atomic E-state index is 11.6. The third kappa shape index (κ3) is 7.19. The molecule has 0 aromatic heterocycles. The van der Waals surface area contributed by atoms with Gasteiger partial charge in [-0.1, -0.05) is 39.0 Å². The van der Waals surface area contributed by atoms with Crippen LogP contribution in [0.1, 0.15) is 45.4 Å². The van der Waals surface area contributed by atoms with Crippen molar-refractivity contribution in [3.8, 4) is 0 Å². The lowest BCUT2D eigenvalue weighted by molar-refractivity contribution is 0.266. The molecule has 0 aliphatic carbocycles. The van der Waals surface area contributed by atoms with Gasteiger partial charge in [0.2, 0.25) is 10.0 Å². The Balaban J connectivity index is 3.66. The fraction of sp³-hybridized carbons (Fsp3) is 1.00. The highest BCUT2D eigenvalue weighted by atomic mass is 32.2. The van der Waals surface area contributed by atoms with Gasteiger partial charge in [-0.15, -0.1) is 0 Å². The number of hydrogen-bond donors (Lipinski definition) is 1. The molecule has 0 saturated heterocycles. The summed E-state index contributed by atoms with van der Waals surface area (Å²) >= 11 is 0. The van der Waals surface area contributed by atoms with Crippen molar-refractivity contribution >= 4 is 10.0 Å². The van der Waals surface area contributed by atoms with Gasteiger partial charge in [0.1, 0.15) is 0 Å². The lowest BCUT2D eigenvalue weighted by Gasteiger charge is -2.15. The summed E-state index contributed by atoms with van der Waals surface area (Å²) in [7, 11) is -1.63. The molecule has 0 aromatic carbocycles. The Kier molecular flexibility index (Phi) is 8.89. The number of likely N-dealkylation sites (N-methyl/N-ethyl adjacent to an activating group) is 1. The van der Waals surface area contributed by atoms with Crippen molar-refractivity contribution < 1.29 is 13.5 Å². The maximum Gasteiger partial charge on any atom is 0.213 e. The molecule has 1 N–H and O–H groups in total. The molecule has 0 heterocycles. The van der Waals surface area contributed by atoms with Crippen LogP contribution >= 0.6 is 0 Å². The highest BCUT2D eigenvalue weighted by molar-refractivity contribution is 7.89. The molecule has 0 saturated carbocycles.